The molecule has 0 saturated carbocycles. The predicted octanol–water partition coefficient (Wildman–Crippen LogP) is 2.35. The lowest BCUT2D eigenvalue weighted by atomic mass is 10.1. The van der Waals surface area contributed by atoms with Crippen molar-refractivity contribution in [2.24, 2.45) is 5.73 Å². The molecule has 0 saturated heterocycles. The van der Waals surface area contributed by atoms with Gasteiger partial charge in [-0.3, -0.25) is 9.59 Å². The minimum Gasteiger partial charge on any atom is -0.482 e. The van der Waals surface area contributed by atoms with Crippen LogP contribution < -0.4 is 15.8 Å². The Kier molecular flexibility index (Phi) is 6.54. The number of primary amides is 1. The van der Waals surface area contributed by atoms with Crippen LogP contribution in [0, 0.1) is 13.8 Å². The SMILES string of the molecule is Cc1ccc(OCC(=O)O[C@@H](C)C(=O)Nc2ccc(C(N)=O)cc2)c(C)c1. The van der Waals surface area contributed by atoms with Crippen molar-refractivity contribution in [1.29, 1.82) is 0 Å². The van der Waals surface area contributed by atoms with Crippen LogP contribution in [0.4, 0.5) is 5.69 Å². The summed E-state index contributed by atoms with van der Waals surface area (Å²) in [6, 6.07) is 11.7. The van der Waals surface area contributed by atoms with E-state index in [9.17, 15) is 14.4 Å². The Labute approximate surface area is 157 Å². The first-order chi connectivity index (χ1) is 12.8. The Balaban J connectivity index is 1.84. The van der Waals surface area contributed by atoms with Crippen LogP contribution in [0.15, 0.2) is 42.5 Å². The molecule has 0 aliphatic rings. The Morgan fingerprint density at radius 3 is 2.33 bits per heavy atom. The molecule has 7 heteroatoms. The molecule has 0 aliphatic heterocycles. The zero-order chi connectivity index (χ0) is 20.0. The molecule has 2 amide bonds. The molecule has 0 fully saturated rings. The van der Waals surface area contributed by atoms with Gasteiger partial charge in [0.2, 0.25) is 5.91 Å². The van der Waals surface area contributed by atoms with E-state index in [1.54, 1.807) is 6.07 Å². The first-order valence-corrected chi connectivity index (χ1v) is 8.36. The van der Waals surface area contributed by atoms with Crippen molar-refractivity contribution in [3.8, 4) is 5.75 Å². The van der Waals surface area contributed by atoms with Gasteiger partial charge >= 0.3 is 5.97 Å². The number of carbonyl (C=O) groups is 3. The van der Waals surface area contributed by atoms with Crippen LogP contribution in [0.3, 0.4) is 0 Å². The maximum absolute atomic E-state index is 12.1. The molecule has 2 rings (SSSR count). The molecule has 0 radical (unpaired) electrons. The molecule has 0 aromatic heterocycles. The second kappa shape index (κ2) is 8.84. The smallest absolute Gasteiger partial charge is 0.344 e. The molecule has 2 aromatic rings. The molecule has 27 heavy (non-hydrogen) atoms. The van der Waals surface area contributed by atoms with Crippen molar-refractivity contribution in [3.63, 3.8) is 0 Å². The summed E-state index contributed by atoms with van der Waals surface area (Å²) in [6.07, 6.45) is -1.00. The van der Waals surface area contributed by atoms with Gasteiger partial charge in [-0.2, -0.15) is 0 Å². The zero-order valence-electron chi connectivity index (χ0n) is 15.4. The van der Waals surface area contributed by atoms with Crippen LogP contribution in [-0.4, -0.2) is 30.5 Å². The summed E-state index contributed by atoms with van der Waals surface area (Å²) >= 11 is 0. The van der Waals surface area contributed by atoms with Crippen LogP contribution in [-0.2, 0) is 14.3 Å². The normalized spacial score (nSPS) is 11.4. The Morgan fingerprint density at radius 1 is 1.07 bits per heavy atom. The molecule has 0 spiro atoms. The fourth-order valence-corrected chi connectivity index (χ4v) is 2.34. The third kappa shape index (κ3) is 5.85. The van der Waals surface area contributed by atoms with Crippen LogP contribution in [0.2, 0.25) is 0 Å². The van der Waals surface area contributed by atoms with Crippen LogP contribution in [0.5, 0.6) is 5.75 Å². The van der Waals surface area contributed by atoms with Crippen LogP contribution >= 0.6 is 0 Å². The van der Waals surface area contributed by atoms with E-state index in [0.29, 0.717) is 17.0 Å². The van der Waals surface area contributed by atoms with Crippen molar-refractivity contribution in [2.75, 3.05) is 11.9 Å². The second-order valence-electron chi connectivity index (χ2n) is 6.12. The molecular formula is C20H22N2O5. The highest BCUT2D eigenvalue weighted by Gasteiger charge is 2.18. The van der Waals surface area contributed by atoms with E-state index in [2.05, 4.69) is 5.32 Å². The quantitative estimate of drug-likeness (QED) is 0.728. The number of nitrogens with one attached hydrogen (secondary N) is 1. The molecule has 0 bridgehead atoms. The lowest BCUT2D eigenvalue weighted by Crippen LogP contribution is -2.31. The Bertz CT molecular complexity index is 846. The number of nitrogens with two attached hydrogens (primary N) is 1. The fraction of sp³-hybridized carbons (Fsp3) is 0.250. The van der Waals surface area contributed by atoms with Gasteiger partial charge in [-0.1, -0.05) is 17.7 Å². The minimum atomic E-state index is -1.00. The molecule has 0 unspecified atom stereocenters. The van der Waals surface area contributed by atoms with Crippen molar-refractivity contribution in [2.45, 2.75) is 26.9 Å². The van der Waals surface area contributed by atoms with Gasteiger partial charge in [-0.15, -0.1) is 0 Å². The number of benzene rings is 2. The number of rotatable bonds is 7. The van der Waals surface area contributed by atoms with E-state index in [1.807, 2.05) is 26.0 Å². The number of aryl methyl sites for hydroxylation is 2. The number of carbonyl (C=O) groups excluding carboxylic acids is 3. The molecule has 142 valence electrons. The van der Waals surface area contributed by atoms with E-state index >= 15 is 0 Å². The molecule has 7 nitrogen and oxygen atoms in total. The summed E-state index contributed by atoms with van der Waals surface area (Å²) in [4.78, 5) is 35.0. The fourth-order valence-electron chi connectivity index (χ4n) is 2.34. The highest BCUT2D eigenvalue weighted by Crippen LogP contribution is 2.18. The van der Waals surface area contributed by atoms with Gasteiger partial charge in [-0.25, -0.2) is 4.79 Å². The van der Waals surface area contributed by atoms with Crippen molar-refractivity contribution in [3.05, 3.63) is 59.2 Å². The number of esters is 1. The molecule has 0 heterocycles. The van der Waals surface area contributed by atoms with Crippen LogP contribution in [0.1, 0.15) is 28.4 Å². The summed E-state index contributed by atoms with van der Waals surface area (Å²) in [5, 5.41) is 2.59. The van der Waals surface area contributed by atoms with Gasteiger partial charge in [0.05, 0.1) is 0 Å². The van der Waals surface area contributed by atoms with Gasteiger partial charge in [0, 0.05) is 11.3 Å². The van der Waals surface area contributed by atoms with Crippen molar-refractivity contribution >= 4 is 23.5 Å². The number of amides is 2. The second-order valence-corrected chi connectivity index (χ2v) is 6.12. The molecule has 0 aliphatic carbocycles. The summed E-state index contributed by atoms with van der Waals surface area (Å²) in [5.41, 5.74) is 7.95. The third-order valence-electron chi connectivity index (χ3n) is 3.79. The molecule has 1 atom stereocenters. The lowest BCUT2D eigenvalue weighted by Gasteiger charge is -2.14. The number of hydrogen-bond donors (Lipinski definition) is 2. The summed E-state index contributed by atoms with van der Waals surface area (Å²) in [6.45, 7) is 5.01. The number of anilines is 1. The third-order valence-corrected chi connectivity index (χ3v) is 3.79. The first kappa shape index (κ1) is 20.0. The zero-order valence-corrected chi connectivity index (χ0v) is 15.4. The van der Waals surface area contributed by atoms with Crippen molar-refractivity contribution < 1.29 is 23.9 Å². The van der Waals surface area contributed by atoms with Gasteiger partial charge in [0.1, 0.15) is 5.75 Å². The molecule has 3 N–H and O–H groups in total. The lowest BCUT2D eigenvalue weighted by molar-refractivity contribution is -0.155. The van der Waals surface area contributed by atoms with E-state index in [-0.39, 0.29) is 6.61 Å². The van der Waals surface area contributed by atoms with Gasteiger partial charge in [0.15, 0.2) is 12.7 Å². The number of hydrogen-bond acceptors (Lipinski definition) is 5. The Morgan fingerprint density at radius 2 is 1.74 bits per heavy atom. The summed E-state index contributed by atoms with van der Waals surface area (Å²) in [7, 11) is 0. The van der Waals surface area contributed by atoms with Gasteiger partial charge < -0.3 is 20.5 Å². The molecular weight excluding hydrogens is 348 g/mol. The van der Waals surface area contributed by atoms with E-state index in [0.717, 1.165) is 11.1 Å². The molecule has 2 aromatic carbocycles. The predicted molar refractivity (Wildman–Crippen MR) is 101 cm³/mol. The summed E-state index contributed by atoms with van der Waals surface area (Å²) < 4.78 is 10.5. The monoisotopic (exact) mass is 370 g/mol. The standard InChI is InChI=1S/C20H22N2O5/c1-12-4-9-17(13(2)10-12)26-11-18(23)27-14(3)20(25)22-16-7-5-15(6-8-16)19(21)24/h4-10,14H,11H2,1-3H3,(H2,21,24)(H,22,25)/t14-/m0/s1. The summed E-state index contributed by atoms with van der Waals surface area (Å²) in [5.74, 6) is -1.12. The van der Waals surface area contributed by atoms with Crippen molar-refractivity contribution in [1.82, 2.24) is 0 Å². The highest BCUT2D eigenvalue weighted by molar-refractivity contribution is 5.96. The van der Waals surface area contributed by atoms with E-state index in [4.69, 9.17) is 15.2 Å². The largest absolute Gasteiger partial charge is 0.482 e. The average molecular weight is 370 g/mol. The maximum atomic E-state index is 12.1. The topological polar surface area (TPSA) is 108 Å². The Hall–Kier alpha value is -3.35. The highest BCUT2D eigenvalue weighted by atomic mass is 16.6. The van der Waals surface area contributed by atoms with Crippen LogP contribution in [0.25, 0.3) is 0 Å². The minimum absolute atomic E-state index is 0.297. The van der Waals surface area contributed by atoms with E-state index in [1.165, 1.54) is 31.2 Å². The maximum Gasteiger partial charge on any atom is 0.344 e. The van der Waals surface area contributed by atoms with E-state index < -0.39 is 23.9 Å². The van der Waals surface area contributed by atoms with Gasteiger partial charge in [0.25, 0.3) is 5.91 Å². The average Bonchev–Trinajstić information content (AvgIpc) is 2.61. The first-order valence-electron chi connectivity index (χ1n) is 8.36. The van der Waals surface area contributed by atoms with Gasteiger partial charge in [-0.05, 0) is 56.7 Å². The number of ether oxygens (including phenoxy) is 2.